The van der Waals surface area contributed by atoms with Crippen LogP contribution in [-0.4, -0.2) is 22.5 Å². The first-order valence-electron chi connectivity index (χ1n) is 11.7. The van der Waals surface area contributed by atoms with Crippen LogP contribution >= 0.6 is 8.03 Å². The Morgan fingerprint density at radius 2 is 1.23 bits per heavy atom. The van der Waals surface area contributed by atoms with Crippen molar-refractivity contribution >= 4 is 20.0 Å². The molecule has 0 amide bonds. The molecule has 1 N–H and O–H groups in total. The van der Waals surface area contributed by atoms with Gasteiger partial charge in [-0.05, 0) is 36.0 Å². The second-order valence-electron chi connectivity index (χ2n) is 8.44. The summed E-state index contributed by atoms with van der Waals surface area (Å²) in [5, 5.41) is 0. The average molecular weight is 495 g/mol. The number of carbonyl (C=O) groups excluding carboxylic acids is 2. The number of rotatable bonds is 13. The Kier molecular flexibility index (Phi) is 10.7. The smallest absolute Gasteiger partial charge is 0.309 e. The van der Waals surface area contributed by atoms with Gasteiger partial charge in [0.2, 0.25) is 0 Å². The Balaban J connectivity index is 1.63. The van der Waals surface area contributed by atoms with Crippen molar-refractivity contribution in [2.24, 2.45) is 5.92 Å². The quantitative estimate of drug-likeness (QED) is 0.255. The maximum absolute atomic E-state index is 13.0. The van der Waals surface area contributed by atoms with Gasteiger partial charge in [0.25, 0.3) is 0 Å². The Morgan fingerprint density at radius 3 is 1.74 bits per heavy atom. The largest absolute Gasteiger partial charge is 0.461 e. The van der Waals surface area contributed by atoms with E-state index in [2.05, 4.69) is 0 Å². The summed E-state index contributed by atoms with van der Waals surface area (Å²) in [6.07, 6.45) is 0.725. The topological polar surface area (TPSA) is 89.9 Å². The van der Waals surface area contributed by atoms with Gasteiger partial charge in [0.1, 0.15) is 13.2 Å². The lowest BCUT2D eigenvalue weighted by Gasteiger charge is -2.21. The van der Waals surface area contributed by atoms with E-state index in [9.17, 15) is 19.0 Å². The molecule has 184 valence electrons. The van der Waals surface area contributed by atoms with E-state index in [0.29, 0.717) is 6.42 Å². The van der Waals surface area contributed by atoms with Gasteiger partial charge < -0.3 is 14.4 Å². The van der Waals surface area contributed by atoms with E-state index in [1.807, 2.05) is 91.0 Å². The summed E-state index contributed by atoms with van der Waals surface area (Å²) in [4.78, 5) is 35.3. The second-order valence-corrected chi connectivity index (χ2v) is 9.93. The zero-order valence-corrected chi connectivity index (χ0v) is 20.5. The fourth-order valence-electron chi connectivity index (χ4n) is 3.79. The minimum absolute atomic E-state index is 0.0162. The second kappa shape index (κ2) is 14.2. The van der Waals surface area contributed by atoms with Crippen LogP contribution in [0.1, 0.15) is 36.0 Å². The molecule has 35 heavy (non-hydrogen) atoms. The minimum atomic E-state index is -2.92. The first-order chi connectivity index (χ1) is 17.0. The molecule has 3 unspecified atom stereocenters. The first-order valence-corrected chi connectivity index (χ1v) is 13.1. The van der Waals surface area contributed by atoms with Crippen molar-refractivity contribution in [1.82, 2.24) is 0 Å². The zero-order chi connectivity index (χ0) is 24.9. The van der Waals surface area contributed by atoms with Crippen LogP contribution in [0.4, 0.5) is 0 Å². The third-order valence-corrected chi connectivity index (χ3v) is 6.88. The molecule has 0 bridgehead atoms. The van der Waals surface area contributed by atoms with Gasteiger partial charge in [0, 0.05) is 12.1 Å². The highest BCUT2D eigenvalue weighted by atomic mass is 31.1. The summed E-state index contributed by atoms with van der Waals surface area (Å²) in [5.74, 6) is -1.60. The maximum Gasteiger partial charge on any atom is 0.309 e. The Morgan fingerprint density at radius 1 is 0.743 bits per heavy atom. The molecule has 0 spiro atoms. The van der Waals surface area contributed by atoms with E-state index in [4.69, 9.17) is 9.47 Å². The van der Waals surface area contributed by atoms with Gasteiger partial charge >= 0.3 is 11.9 Å². The average Bonchev–Trinajstić information content (AvgIpc) is 2.89. The summed E-state index contributed by atoms with van der Waals surface area (Å²) in [5.41, 5.74) is 2.04. The molecule has 3 aromatic carbocycles. The molecule has 3 aromatic rings. The van der Waals surface area contributed by atoms with Crippen LogP contribution in [0.25, 0.3) is 0 Å². The monoisotopic (exact) mass is 494 g/mol. The van der Waals surface area contributed by atoms with E-state index in [1.54, 1.807) is 0 Å². The van der Waals surface area contributed by atoms with E-state index >= 15 is 0 Å². The van der Waals surface area contributed by atoms with Crippen LogP contribution in [0, 0.1) is 5.92 Å². The van der Waals surface area contributed by atoms with Crippen molar-refractivity contribution in [3.8, 4) is 0 Å². The Bertz CT molecular complexity index is 1070. The Labute approximate surface area is 206 Å². The summed E-state index contributed by atoms with van der Waals surface area (Å²) in [7, 11) is -2.92. The lowest BCUT2D eigenvalue weighted by Crippen LogP contribution is -2.24. The highest BCUT2D eigenvalue weighted by molar-refractivity contribution is 7.38. The van der Waals surface area contributed by atoms with Crippen LogP contribution in [0.3, 0.4) is 0 Å². The standard InChI is InChI=1S/C28H31O6P/c29-27(33-20-23-12-6-2-7-13-23)17-16-25(28(30)34-21-24-14-8-3-9-15-24)19-26(35(31)32)18-22-10-4-1-5-11-22/h1-15,25-26,35H,16-21H2,(H,31,32). The number of hydrogen-bond acceptors (Lipinski definition) is 5. The SMILES string of the molecule is O=C(CCC(CC(Cc1ccccc1)[PH](=O)O)C(=O)OCc1ccccc1)OCc1ccccc1. The van der Waals surface area contributed by atoms with Crippen molar-refractivity contribution in [1.29, 1.82) is 0 Å². The molecule has 0 saturated carbocycles. The molecule has 0 aliphatic rings. The van der Waals surface area contributed by atoms with E-state index in [0.717, 1.165) is 16.7 Å². The van der Waals surface area contributed by atoms with Gasteiger partial charge in [-0.3, -0.25) is 14.2 Å². The predicted molar refractivity (Wildman–Crippen MR) is 135 cm³/mol. The summed E-state index contributed by atoms with van der Waals surface area (Å²) < 4.78 is 23.0. The zero-order valence-electron chi connectivity index (χ0n) is 19.5. The van der Waals surface area contributed by atoms with Crippen LogP contribution in [0.2, 0.25) is 0 Å². The van der Waals surface area contributed by atoms with Gasteiger partial charge in [0.15, 0.2) is 8.03 Å². The van der Waals surface area contributed by atoms with Crippen LogP contribution in [-0.2, 0) is 43.3 Å². The molecule has 0 aromatic heterocycles. The molecule has 0 heterocycles. The third kappa shape index (κ3) is 9.51. The molecule has 0 aliphatic heterocycles. The number of carbonyl (C=O) groups is 2. The summed E-state index contributed by atoms with van der Waals surface area (Å²) >= 11 is 0. The molecule has 7 heteroatoms. The van der Waals surface area contributed by atoms with E-state index in [-0.39, 0.29) is 32.5 Å². The summed E-state index contributed by atoms with van der Waals surface area (Å²) in [6.45, 7) is 0.260. The fourth-order valence-corrected chi connectivity index (χ4v) is 4.69. The van der Waals surface area contributed by atoms with Crippen molar-refractivity contribution < 1.29 is 28.5 Å². The van der Waals surface area contributed by atoms with Crippen LogP contribution in [0.5, 0.6) is 0 Å². The van der Waals surface area contributed by atoms with Crippen molar-refractivity contribution in [3.05, 3.63) is 108 Å². The molecule has 6 nitrogen and oxygen atoms in total. The molecule has 3 rings (SSSR count). The van der Waals surface area contributed by atoms with Crippen molar-refractivity contribution in [3.63, 3.8) is 0 Å². The van der Waals surface area contributed by atoms with Gasteiger partial charge in [-0.1, -0.05) is 91.0 Å². The number of benzene rings is 3. The lowest BCUT2D eigenvalue weighted by molar-refractivity contribution is -0.151. The normalized spacial score (nSPS) is 13.4. The highest BCUT2D eigenvalue weighted by Crippen LogP contribution is 2.33. The molecule has 0 radical (unpaired) electrons. The van der Waals surface area contributed by atoms with Gasteiger partial charge in [-0.2, -0.15) is 0 Å². The van der Waals surface area contributed by atoms with Crippen molar-refractivity contribution in [2.75, 3.05) is 0 Å². The maximum atomic E-state index is 13.0. The van der Waals surface area contributed by atoms with Crippen LogP contribution in [0.15, 0.2) is 91.0 Å². The Hall–Kier alpha value is -3.21. The third-order valence-electron chi connectivity index (χ3n) is 5.74. The molecule has 0 saturated heterocycles. The number of esters is 2. The van der Waals surface area contributed by atoms with Crippen molar-refractivity contribution in [2.45, 2.75) is 44.6 Å². The summed E-state index contributed by atoms with van der Waals surface area (Å²) in [6, 6.07) is 28.1. The molecule has 3 atom stereocenters. The van der Waals surface area contributed by atoms with Gasteiger partial charge in [-0.25, -0.2) is 0 Å². The minimum Gasteiger partial charge on any atom is -0.461 e. The van der Waals surface area contributed by atoms with Gasteiger partial charge in [0.05, 0.1) is 5.92 Å². The molecule has 0 fully saturated rings. The molecule has 0 aliphatic carbocycles. The van der Waals surface area contributed by atoms with E-state index < -0.39 is 31.5 Å². The van der Waals surface area contributed by atoms with Crippen LogP contribution < -0.4 is 0 Å². The van der Waals surface area contributed by atoms with Gasteiger partial charge in [-0.15, -0.1) is 0 Å². The number of ether oxygens (including phenoxy) is 2. The molecular weight excluding hydrogens is 463 g/mol. The fraction of sp³-hybridized carbons (Fsp3) is 0.286. The first kappa shape index (κ1) is 26.4. The number of hydrogen-bond donors (Lipinski definition) is 1. The molecular formula is C28H31O6P. The predicted octanol–water partition coefficient (Wildman–Crippen LogP) is 5.34. The van der Waals surface area contributed by atoms with E-state index in [1.165, 1.54) is 0 Å². The highest BCUT2D eigenvalue weighted by Gasteiger charge is 2.28. The lowest BCUT2D eigenvalue weighted by atomic mass is 9.94.